The van der Waals surface area contributed by atoms with Crippen LogP contribution in [-0.4, -0.2) is 70.6 Å². The molecule has 0 aromatic carbocycles. The fourth-order valence-corrected chi connectivity index (χ4v) is 10.3. The van der Waals surface area contributed by atoms with Gasteiger partial charge in [-0.05, 0) is 92.8 Å². The van der Waals surface area contributed by atoms with Gasteiger partial charge in [0.15, 0.2) is 0 Å². The van der Waals surface area contributed by atoms with Crippen LogP contribution in [0.25, 0.3) is 0 Å². The van der Waals surface area contributed by atoms with Gasteiger partial charge in [-0.15, -0.1) is 0 Å². The Bertz CT molecular complexity index is 1240. The van der Waals surface area contributed by atoms with E-state index in [2.05, 4.69) is 48.6 Å². The molecule has 9 atom stereocenters. The van der Waals surface area contributed by atoms with Crippen LogP contribution >= 0.6 is 0 Å². The van der Waals surface area contributed by atoms with Crippen LogP contribution in [0.4, 0.5) is 5.82 Å². The van der Waals surface area contributed by atoms with Gasteiger partial charge in [-0.1, -0.05) is 32.4 Å². The first-order valence-electron chi connectivity index (χ1n) is 16.4. The SMILES string of the molecule is COc1cc(N2CCN(C(=O)CC(=O)[C@H](C)[C@H]3CC[C@H]4[C@@H]5CC=C6C[C@@H](O)CC[C@]6(C)[C@H]5CC[C@@]34C)C[C@@H]2C)ncn1. The summed E-state index contributed by atoms with van der Waals surface area (Å²) >= 11 is 0. The molecule has 2 heterocycles. The second-order valence-corrected chi connectivity index (χ2v) is 14.6. The number of carbonyl (C=O) groups excluding carboxylic acids is 2. The zero-order chi connectivity index (χ0) is 29.8. The number of anilines is 1. The number of rotatable bonds is 6. The van der Waals surface area contributed by atoms with Crippen molar-refractivity contribution >= 4 is 17.5 Å². The van der Waals surface area contributed by atoms with Crippen LogP contribution in [0.1, 0.15) is 85.5 Å². The van der Waals surface area contributed by atoms with Gasteiger partial charge in [0.05, 0.1) is 19.6 Å². The lowest BCUT2D eigenvalue weighted by Crippen LogP contribution is -2.54. The molecule has 1 aliphatic heterocycles. The standard InChI is InChI=1S/C34H50N4O4/c1-21-19-37(14-15-38(21)30-18-31(42-5)36-20-35-30)32(41)17-29(40)22(2)26-8-9-27-25-7-6-23-16-24(39)10-12-33(23,3)28(25)11-13-34(26,27)4/h6,18,20-22,24-28,39H,7-17,19H2,1-5H3/t21-,22+,24-,25-,26+,27-,28-,33-,34-/m0/s1. The highest BCUT2D eigenvalue weighted by Gasteiger charge is 2.59. The van der Waals surface area contributed by atoms with Gasteiger partial charge in [0.25, 0.3) is 0 Å². The Balaban J connectivity index is 1.08. The summed E-state index contributed by atoms with van der Waals surface area (Å²) in [5, 5.41) is 10.3. The van der Waals surface area contributed by atoms with Crippen LogP contribution in [0.3, 0.4) is 0 Å². The number of allylic oxidation sites excluding steroid dienone is 1. The molecule has 230 valence electrons. The number of ketones is 1. The Morgan fingerprint density at radius 2 is 1.93 bits per heavy atom. The molecule has 1 aromatic heterocycles. The summed E-state index contributed by atoms with van der Waals surface area (Å²) in [5.74, 6) is 3.65. The molecule has 0 unspecified atom stereocenters. The molecule has 6 rings (SSSR count). The van der Waals surface area contributed by atoms with Crippen LogP contribution in [0, 0.1) is 40.4 Å². The van der Waals surface area contributed by atoms with E-state index in [1.54, 1.807) is 7.11 Å². The fourth-order valence-electron chi connectivity index (χ4n) is 10.3. The Hall–Kier alpha value is -2.48. The first-order valence-corrected chi connectivity index (χ1v) is 16.4. The molecule has 4 fully saturated rings. The van der Waals surface area contributed by atoms with Crippen molar-refractivity contribution < 1.29 is 19.4 Å². The average molecular weight is 579 g/mol. The van der Waals surface area contributed by atoms with Gasteiger partial charge in [0.1, 0.15) is 17.9 Å². The minimum absolute atomic E-state index is 0.00497. The number of aromatic nitrogens is 2. The highest BCUT2D eigenvalue weighted by atomic mass is 16.5. The average Bonchev–Trinajstić information content (AvgIpc) is 3.34. The summed E-state index contributed by atoms with van der Waals surface area (Å²) in [7, 11) is 1.59. The van der Waals surface area contributed by atoms with Crippen LogP contribution in [-0.2, 0) is 9.59 Å². The molecule has 1 amide bonds. The summed E-state index contributed by atoms with van der Waals surface area (Å²) in [6.07, 6.45) is 12.5. The largest absolute Gasteiger partial charge is 0.481 e. The molecular formula is C34H50N4O4. The molecule has 42 heavy (non-hydrogen) atoms. The van der Waals surface area contributed by atoms with E-state index in [1.807, 2.05) is 11.0 Å². The molecular weight excluding hydrogens is 528 g/mol. The minimum Gasteiger partial charge on any atom is -0.481 e. The maximum Gasteiger partial charge on any atom is 0.230 e. The lowest BCUT2D eigenvalue weighted by atomic mass is 9.47. The van der Waals surface area contributed by atoms with Gasteiger partial charge < -0.3 is 19.6 Å². The van der Waals surface area contributed by atoms with E-state index in [0.717, 1.165) is 37.9 Å². The quantitative estimate of drug-likeness (QED) is 0.373. The van der Waals surface area contributed by atoms with Crippen LogP contribution in [0.5, 0.6) is 5.88 Å². The van der Waals surface area contributed by atoms with Crippen LogP contribution < -0.4 is 9.64 Å². The van der Waals surface area contributed by atoms with Crippen molar-refractivity contribution in [3.8, 4) is 5.88 Å². The van der Waals surface area contributed by atoms with Crippen molar-refractivity contribution in [3.63, 3.8) is 0 Å². The van der Waals surface area contributed by atoms with Gasteiger partial charge in [0, 0.05) is 37.7 Å². The van der Waals surface area contributed by atoms with Crippen molar-refractivity contribution in [3.05, 3.63) is 24.0 Å². The van der Waals surface area contributed by atoms with Crippen molar-refractivity contribution in [2.24, 2.45) is 40.4 Å². The second kappa shape index (κ2) is 11.2. The molecule has 1 N–H and O–H groups in total. The number of amides is 1. The van der Waals surface area contributed by atoms with Crippen molar-refractivity contribution in [2.75, 3.05) is 31.6 Å². The molecule has 8 nitrogen and oxygen atoms in total. The highest BCUT2D eigenvalue weighted by Crippen LogP contribution is 2.67. The number of methoxy groups -OCH3 is 1. The molecule has 8 heteroatoms. The summed E-state index contributed by atoms with van der Waals surface area (Å²) in [4.78, 5) is 39.6. The number of nitrogens with zero attached hydrogens (tertiary/aromatic N) is 4. The summed E-state index contributed by atoms with van der Waals surface area (Å²) < 4.78 is 5.25. The van der Waals surface area contributed by atoms with Crippen LogP contribution in [0.15, 0.2) is 24.0 Å². The zero-order valence-corrected chi connectivity index (χ0v) is 26.2. The van der Waals surface area contributed by atoms with E-state index in [4.69, 9.17) is 4.74 Å². The van der Waals surface area contributed by atoms with Crippen molar-refractivity contribution in [1.82, 2.24) is 14.9 Å². The highest BCUT2D eigenvalue weighted by molar-refractivity contribution is 5.99. The van der Waals surface area contributed by atoms with Gasteiger partial charge >= 0.3 is 0 Å². The molecule has 1 saturated heterocycles. The van der Waals surface area contributed by atoms with E-state index in [9.17, 15) is 14.7 Å². The number of Topliss-reactive ketones (excluding diaryl/α,β-unsaturated/α-hetero) is 1. The van der Waals surface area contributed by atoms with Gasteiger partial charge in [-0.3, -0.25) is 9.59 Å². The lowest BCUT2D eigenvalue weighted by molar-refractivity contribution is -0.139. The van der Waals surface area contributed by atoms with Crippen molar-refractivity contribution in [1.29, 1.82) is 0 Å². The molecule has 5 aliphatic rings. The number of hydrogen-bond donors (Lipinski definition) is 1. The number of piperazine rings is 1. The van der Waals surface area contributed by atoms with E-state index < -0.39 is 0 Å². The number of ether oxygens (including phenoxy) is 1. The van der Waals surface area contributed by atoms with E-state index in [-0.39, 0.29) is 47.0 Å². The van der Waals surface area contributed by atoms with Gasteiger partial charge in [-0.25, -0.2) is 9.97 Å². The third-order valence-corrected chi connectivity index (χ3v) is 12.7. The predicted molar refractivity (Wildman–Crippen MR) is 162 cm³/mol. The minimum atomic E-state index is -0.172. The Morgan fingerprint density at radius 1 is 1.12 bits per heavy atom. The maximum atomic E-state index is 13.7. The number of aliphatic hydroxyl groups is 1. The third-order valence-electron chi connectivity index (χ3n) is 12.7. The summed E-state index contributed by atoms with van der Waals surface area (Å²) in [5.41, 5.74) is 1.90. The maximum absolute atomic E-state index is 13.7. The second-order valence-electron chi connectivity index (χ2n) is 14.6. The van der Waals surface area contributed by atoms with Gasteiger partial charge in [-0.2, -0.15) is 0 Å². The third kappa shape index (κ3) is 4.95. The first kappa shape index (κ1) is 29.6. The molecule has 0 bridgehead atoms. The van der Waals surface area contributed by atoms with E-state index in [1.165, 1.54) is 31.2 Å². The molecule has 0 radical (unpaired) electrons. The predicted octanol–water partition coefficient (Wildman–Crippen LogP) is 5.06. The fraction of sp³-hybridized carbons (Fsp3) is 0.765. The number of hydrogen-bond acceptors (Lipinski definition) is 7. The molecule has 0 spiro atoms. The van der Waals surface area contributed by atoms with Crippen molar-refractivity contribution in [2.45, 2.75) is 97.6 Å². The van der Waals surface area contributed by atoms with E-state index in [0.29, 0.717) is 49.2 Å². The first-order chi connectivity index (χ1) is 20.0. The normalized spacial score (nSPS) is 38.6. The summed E-state index contributed by atoms with van der Waals surface area (Å²) in [6, 6.07) is 1.91. The lowest BCUT2D eigenvalue weighted by Gasteiger charge is -2.58. The van der Waals surface area contributed by atoms with Crippen LogP contribution in [0.2, 0.25) is 0 Å². The molecule has 4 aliphatic carbocycles. The zero-order valence-electron chi connectivity index (χ0n) is 26.2. The number of carbonyl (C=O) groups is 2. The number of fused-ring (bicyclic) bond motifs is 5. The molecule has 3 saturated carbocycles. The molecule has 1 aromatic rings. The Labute approximate surface area is 251 Å². The summed E-state index contributed by atoms with van der Waals surface area (Å²) in [6.45, 7) is 10.9. The topological polar surface area (TPSA) is 95.9 Å². The number of aliphatic hydroxyl groups excluding tert-OH is 1. The van der Waals surface area contributed by atoms with Gasteiger partial charge in [0.2, 0.25) is 11.8 Å². The van der Waals surface area contributed by atoms with E-state index >= 15 is 0 Å². The smallest absolute Gasteiger partial charge is 0.230 e. The monoisotopic (exact) mass is 578 g/mol. The Morgan fingerprint density at radius 3 is 2.69 bits per heavy atom. The Kier molecular flexibility index (Phi) is 7.90.